The monoisotopic (exact) mass is 538 g/mol. The van der Waals surface area contributed by atoms with Crippen molar-refractivity contribution in [3.8, 4) is 0 Å². The number of amides is 3. The Balaban J connectivity index is 1.24. The Morgan fingerprint density at radius 2 is 1.68 bits per heavy atom. The van der Waals surface area contributed by atoms with Crippen LogP contribution in [0.25, 0.3) is 11.0 Å². The molecule has 0 atom stereocenters. The minimum atomic E-state index is -0.536. The van der Waals surface area contributed by atoms with Crippen molar-refractivity contribution in [1.82, 2.24) is 9.88 Å². The van der Waals surface area contributed by atoms with Crippen molar-refractivity contribution in [3.05, 3.63) is 53.4 Å². The van der Waals surface area contributed by atoms with Crippen molar-refractivity contribution in [3.63, 3.8) is 0 Å². The molecule has 2 aliphatic rings. The van der Waals surface area contributed by atoms with Crippen LogP contribution < -0.4 is 10.6 Å². The van der Waals surface area contributed by atoms with E-state index in [0.717, 1.165) is 12.8 Å². The van der Waals surface area contributed by atoms with Gasteiger partial charge in [-0.3, -0.25) is 14.4 Å². The topological polar surface area (TPSA) is 125 Å². The minimum absolute atomic E-state index is 0.00792. The minimum Gasteiger partial charge on any atom is -0.449 e. The van der Waals surface area contributed by atoms with Crippen molar-refractivity contribution < 1.29 is 23.9 Å². The van der Waals surface area contributed by atoms with Crippen LogP contribution in [-0.4, -0.2) is 52.4 Å². The van der Waals surface area contributed by atoms with E-state index < -0.39 is 5.91 Å². The fraction of sp³-hybridized carbons (Fsp3) is 0.429. The van der Waals surface area contributed by atoms with Crippen molar-refractivity contribution in [2.45, 2.75) is 38.5 Å². The largest absolute Gasteiger partial charge is 0.449 e. The number of carbonyl (C=O) groups excluding carboxylic acids is 3. The molecule has 3 heterocycles. The molecule has 9 nitrogen and oxygen atoms in total. The number of aromatic nitrogens is 1. The molecule has 2 aromatic heterocycles. The van der Waals surface area contributed by atoms with E-state index in [1.807, 2.05) is 11.0 Å². The van der Waals surface area contributed by atoms with E-state index in [1.54, 1.807) is 30.3 Å². The molecule has 5 rings (SSSR count). The van der Waals surface area contributed by atoms with E-state index in [9.17, 15) is 19.5 Å². The number of aliphatic hydroxyl groups excluding tert-OH is 1. The molecule has 1 saturated heterocycles. The molecule has 1 aliphatic heterocycles. The van der Waals surface area contributed by atoms with E-state index >= 15 is 0 Å². The summed E-state index contributed by atoms with van der Waals surface area (Å²) in [7, 11) is 0. The Bertz CT molecular complexity index is 1310. The number of benzene rings is 1. The highest BCUT2D eigenvalue weighted by Crippen LogP contribution is 2.35. The molecular formula is C28H31ClN4O5. The van der Waals surface area contributed by atoms with Gasteiger partial charge in [-0.05, 0) is 68.7 Å². The van der Waals surface area contributed by atoms with Gasteiger partial charge in [-0.1, -0.05) is 23.7 Å². The van der Waals surface area contributed by atoms with Gasteiger partial charge in [0.25, 0.3) is 5.91 Å². The van der Waals surface area contributed by atoms with Gasteiger partial charge in [0.05, 0.1) is 5.02 Å². The number of likely N-dealkylation sites (tertiary alicyclic amines) is 1. The highest BCUT2D eigenvalue weighted by Gasteiger charge is 2.34. The maximum Gasteiger partial charge on any atom is 0.294 e. The molecule has 0 radical (unpaired) electrons. The molecule has 10 heteroatoms. The van der Waals surface area contributed by atoms with Crippen LogP contribution in [0.1, 0.15) is 49.1 Å². The summed E-state index contributed by atoms with van der Waals surface area (Å²) in [6.45, 7) is 1.55. The zero-order valence-electron chi connectivity index (χ0n) is 21.0. The molecule has 200 valence electrons. The third-order valence-electron chi connectivity index (χ3n) is 7.65. The van der Waals surface area contributed by atoms with Gasteiger partial charge < -0.3 is 25.1 Å². The third kappa shape index (κ3) is 5.68. The average Bonchev–Trinajstić information content (AvgIpc) is 3.32. The molecule has 3 amide bonds. The average molecular weight is 539 g/mol. The smallest absolute Gasteiger partial charge is 0.294 e. The Hall–Kier alpha value is -3.43. The number of para-hydroxylation sites is 1. The first-order valence-corrected chi connectivity index (χ1v) is 13.5. The number of fused-ring (bicyclic) bond motifs is 1. The second-order valence-corrected chi connectivity index (χ2v) is 10.5. The molecular weight excluding hydrogens is 508 g/mol. The standard InChI is InChI=1S/C28H31ClN4O5/c29-20-9-10-23(30-15-20)31-27(36)25-24(21-3-1-2-4-22(21)38-25)32-26(35)18-5-7-19(8-6-18)28(37)33-13-11-17(16-34)12-14-33/h1-4,9-10,15,17-19,34H,5-8,11-14,16H2,(H,32,35)(H,30,31,36). The molecule has 38 heavy (non-hydrogen) atoms. The van der Waals surface area contributed by atoms with Gasteiger partial charge >= 0.3 is 0 Å². The van der Waals surface area contributed by atoms with E-state index in [0.29, 0.717) is 66.3 Å². The lowest BCUT2D eigenvalue weighted by Gasteiger charge is -2.35. The number of hydrogen-bond acceptors (Lipinski definition) is 6. The lowest BCUT2D eigenvalue weighted by Crippen LogP contribution is -2.43. The Morgan fingerprint density at radius 3 is 2.37 bits per heavy atom. The predicted molar refractivity (Wildman–Crippen MR) is 144 cm³/mol. The second-order valence-electron chi connectivity index (χ2n) is 10.1. The van der Waals surface area contributed by atoms with Gasteiger partial charge in [-0.15, -0.1) is 0 Å². The first-order chi connectivity index (χ1) is 18.4. The fourth-order valence-corrected chi connectivity index (χ4v) is 5.49. The summed E-state index contributed by atoms with van der Waals surface area (Å²) in [4.78, 5) is 45.4. The van der Waals surface area contributed by atoms with Crippen molar-refractivity contribution in [2.24, 2.45) is 17.8 Å². The molecule has 1 saturated carbocycles. The number of anilines is 2. The second kappa shape index (κ2) is 11.5. The Morgan fingerprint density at radius 1 is 0.974 bits per heavy atom. The van der Waals surface area contributed by atoms with Crippen LogP contribution in [0.3, 0.4) is 0 Å². The van der Waals surface area contributed by atoms with Gasteiger partial charge in [-0.2, -0.15) is 0 Å². The third-order valence-corrected chi connectivity index (χ3v) is 7.87. The van der Waals surface area contributed by atoms with Crippen LogP contribution >= 0.6 is 11.6 Å². The summed E-state index contributed by atoms with van der Waals surface area (Å²) in [5.41, 5.74) is 0.804. The summed E-state index contributed by atoms with van der Waals surface area (Å²) in [5.74, 6) is -0.320. The summed E-state index contributed by atoms with van der Waals surface area (Å²) >= 11 is 5.88. The van der Waals surface area contributed by atoms with Crippen LogP contribution in [0, 0.1) is 17.8 Å². The number of hydrogen-bond donors (Lipinski definition) is 3. The zero-order valence-corrected chi connectivity index (χ0v) is 21.7. The SMILES string of the molecule is O=C(Nc1ccc(Cl)cn1)c1oc2ccccc2c1NC(=O)C1CCC(C(=O)N2CCC(CO)CC2)CC1. The molecule has 0 spiro atoms. The van der Waals surface area contributed by atoms with Crippen LogP contribution in [0.2, 0.25) is 5.02 Å². The van der Waals surface area contributed by atoms with Crippen molar-refractivity contribution in [2.75, 3.05) is 30.3 Å². The van der Waals surface area contributed by atoms with Crippen LogP contribution in [-0.2, 0) is 9.59 Å². The Labute approximate surface area is 225 Å². The molecule has 0 unspecified atom stereocenters. The molecule has 3 aromatic rings. The zero-order chi connectivity index (χ0) is 26.6. The lowest BCUT2D eigenvalue weighted by atomic mass is 9.80. The van der Waals surface area contributed by atoms with E-state index in [2.05, 4.69) is 15.6 Å². The summed E-state index contributed by atoms with van der Waals surface area (Å²) in [5, 5.41) is 16.0. The first-order valence-electron chi connectivity index (χ1n) is 13.1. The van der Waals surface area contributed by atoms with E-state index in [-0.39, 0.29) is 41.9 Å². The molecule has 0 bridgehead atoms. The fourth-order valence-electron chi connectivity index (χ4n) is 5.37. The van der Waals surface area contributed by atoms with Crippen LogP contribution in [0.4, 0.5) is 11.5 Å². The maximum atomic E-state index is 13.3. The summed E-state index contributed by atoms with van der Waals surface area (Å²) in [6.07, 6.45) is 5.60. The van der Waals surface area contributed by atoms with E-state index in [4.69, 9.17) is 16.0 Å². The number of nitrogens with zero attached hydrogens (tertiary/aromatic N) is 2. The predicted octanol–water partition coefficient (Wildman–Crippen LogP) is 4.71. The van der Waals surface area contributed by atoms with Crippen molar-refractivity contribution in [1.29, 1.82) is 0 Å². The van der Waals surface area contributed by atoms with Gasteiger partial charge in [0.1, 0.15) is 17.1 Å². The molecule has 1 aromatic carbocycles. The number of furan rings is 1. The Kier molecular flexibility index (Phi) is 7.95. The highest BCUT2D eigenvalue weighted by molar-refractivity contribution is 6.30. The normalized spacial score (nSPS) is 20.3. The number of carbonyl (C=O) groups is 3. The van der Waals surface area contributed by atoms with Crippen LogP contribution in [0.5, 0.6) is 0 Å². The van der Waals surface area contributed by atoms with Gasteiger partial charge in [0.15, 0.2) is 0 Å². The van der Waals surface area contributed by atoms with Gasteiger partial charge in [0.2, 0.25) is 17.6 Å². The highest BCUT2D eigenvalue weighted by atomic mass is 35.5. The van der Waals surface area contributed by atoms with Gasteiger partial charge in [-0.25, -0.2) is 4.98 Å². The molecule has 2 fully saturated rings. The number of pyridine rings is 1. The van der Waals surface area contributed by atoms with Crippen LogP contribution in [0.15, 0.2) is 47.0 Å². The number of halogens is 1. The number of aliphatic hydroxyl groups is 1. The molecule has 3 N–H and O–H groups in total. The molecule has 1 aliphatic carbocycles. The first kappa shape index (κ1) is 26.2. The number of piperidine rings is 1. The summed E-state index contributed by atoms with van der Waals surface area (Å²) in [6, 6.07) is 10.3. The number of rotatable bonds is 6. The maximum absolute atomic E-state index is 13.3. The van der Waals surface area contributed by atoms with E-state index in [1.165, 1.54) is 6.20 Å². The quantitative estimate of drug-likeness (QED) is 0.417. The summed E-state index contributed by atoms with van der Waals surface area (Å²) < 4.78 is 5.83. The van der Waals surface area contributed by atoms with Gasteiger partial charge in [0, 0.05) is 43.1 Å². The number of nitrogens with one attached hydrogen (secondary N) is 2. The van der Waals surface area contributed by atoms with Crippen molar-refractivity contribution >= 4 is 51.8 Å². The lowest BCUT2D eigenvalue weighted by molar-refractivity contribution is -0.139.